The maximum Gasteiger partial charge on any atom is 0.308 e. The molecular formula is C10H13NO4. The number of carboxylic acid groups (broad SMARTS) is 1. The predicted molar refractivity (Wildman–Crippen MR) is 50.4 cm³/mol. The van der Waals surface area contributed by atoms with Crippen molar-refractivity contribution in [3.63, 3.8) is 0 Å². The van der Waals surface area contributed by atoms with Crippen molar-refractivity contribution in [2.24, 2.45) is 0 Å². The smallest absolute Gasteiger partial charge is 0.308 e. The zero-order valence-corrected chi connectivity index (χ0v) is 8.31. The lowest BCUT2D eigenvalue weighted by molar-refractivity contribution is -0.136. The second-order valence-corrected chi connectivity index (χ2v) is 3.64. The summed E-state index contributed by atoms with van der Waals surface area (Å²) in [4.78, 5) is 10.6. The molecule has 1 aliphatic heterocycles. The van der Waals surface area contributed by atoms with Gasteiger partial charge in [0.1, 0.15) is 6.10 Å². The number of rotatable bonds is 3. The van der Waals surface area contributed by atoms with Crippen molar-refractivity contribution >= 4 is 5.97 Å². The van der Waals surface area contributed by atoms with Crippen LogP contribution in [0.25, 0.3) is 0 Å². The summed E-state index contributed by atoms with van der Waals surface area (Å²) >= 11 is 0. The molecule has 1 atom stereocenters. The van der Waals surface area contributed by atoms with Gasteiger partial charge >= 0.3 is 5.97 Å². The van der Waals surface area contributed by atoms with E-state index in [4.69, 9.17) is 14.4 Å². The van der Waals surface area contributed by atoms with Gasteiger partial charge in [-0.15, -0.1) is 0 Å². The van der Waals surface area contributed by atoms with Gasteiger partial charge < -0.3 is 14.4 Å². The number of ether oxygens (including phenoxy) is 1. The minimum atomic E-state index is -0.879. The number of aliphatic carboxylic acids is 1. The van der Waals surface area contributed by atoms with Crippen LogP contribution >= 0.6 is 0 Å². The molecule has 1 fully saturated rings. The van der Waals surface area contributed by atoms with E-state index < -0.39 is 5.97 Å². The summed E-state index contributed by atoms with van der Waals surface area (Å²) in [6.07, 6.45) is 4.30. The third-order valence-electron chi connectivity index (χ3n) is 2.49. The highest BCUT2D eigenvalue weighted by atomic mass is 16.5. The molecule has 5 heteroatoms. The van der Waals surface area contributed by atoms with Crippen molar-refractivity contribution in [3.05, 3.63) is 17.5 Å². The predicted octanol–water partition coefficient (Wildman–Crippen LogP) is 1.54. The van der Waals surface area contributed by atoms with E-state index >= 15 is 0 Å². The van der Waals surface area contributed by atoms with Crippen molar-refractivity contribution in [2.75, 3.05) is 6.61 Å². The van der Waals surface area contributed by atoms with Crippen LogP contribution in [0.4, 0.5) is 0 Å². The number of aromatic nitrogens is 1. The molecule has 1 aliphatic rings. The van der Waals surface area contributed by atoms with Gasteiger partial charge in [0.05, 0.1) is 12.6 Å². The molecular weight excluding hydrogens is 198 g/mol. The molecule has 0 amide bonds. The largest absolute Gasteiger partial charge is 0.481 e. The van der Waals surface area contributed by atoms with Gasteiger partial charge in [0.15, 0.2) is 5.76 Å². The van der Waals surface area contributed by atoms with Crippen LogP contribution in [0.15, 0.2) is 10.7 Å². The topological polar surface area (TPSA) is 72.6 Å². The average Bonchev–Trinajstić information content (AvgIpc) is 2.66. The van der Waals surface area contributed by atoms with E-state index in [9.17, 15) is 4.79 Å². The summed E-state index contributed by atoms with van der Waals surface area (Å²) in [6, 6.07) is 0. The molecule has 0 aliphatic carbocycles. The standard InChI is InChI=1S/C10H13NO4/c12-9(13)5-7-6-11-15-10(7)8-3-1-2-4-14-8/h6,8H,1-5H2,(H,12,13). The van der Waals surface area contributed by atoms with Crippen LogP contribution in [0.5, 0.6) is 0 Å². The zero-order valence-electron chi connectivity index (χ0n) is 8.31. The van der Waals surface area contributed by atoms with Crippen LogP contribution in [0.2, 0.25) is 0 Å². The van der Waals surface area contributed by atoms with Crippen LogP contribution in [-0.2, 0) is 16.0 Å². The zero-order chi connectivity index (χ0) is 10.7. The molecule has 1 unspecified atom stereocenters. The fraction of sp³-hybridized carbons (Fsp3) is 0.600. The Hall–Kier alpha value is -1.36. The highest BCUT2D eigenvalue weighted by Crippen LogP contribution is 2.30. The quantitative estimate of drug-likeness (QED) is 0.821. The summed E-state index contributed by atoms with van der Waals surface area (Å²) < 4.78 is 10.6. The normalized spacial score (nSPS) is 21.5. The monoisotopic (exact) mass is 211 g/mol. The number of carboxylic acids is 1. The molecule has 0 radical (unpaired) electrons. The SMILES string of the molecule is O=C(O)Cc1cnoc1C1CCCCO1. The first-order chi connectivity index (χ1) is 7.27. The van der Waals surface area contributed by atoms with Crippen molar-refractivity contribution in [1.29, 1.82) is 0 Å². The first-order valence-electron chi connectivity index (χ1n) is 5.04. The Morgan fingerprint density at radius 2 is 2.47 bits per heavy atom. The maximum absolute atomic E-state index is 10.6. The molecule has 5 nitrogen and oxygen atoms in total. The Balaban J connectivity index is 2.12. The number of hydrogen-bond acceptors (Lipinski definition) is 4. The molecule has 0 saturated carbocycles. The van der Waals surface area contributed by atoms with E-state index in [2.05, 4.69) is 5.16 Å². The van der Waals surface area contributed by atoms with Gasteiger partial charge in [-0.1, -0.05) is 5.16 Å². The molecule has 0 bridgehead atoms. The van der Waals surface area contributed by atoms with Crippen LogP contribution in [0.1, 0.15) is 36.7 Å². The van der Waals surface area contributed by atoms with E-state index in [1.807, 2.05) is 0 Å². The fourth-order valence-electron chi connectivity index (χ4n) is 1.78. The Kier molecular flexibility index (Phi) is 3.01. The minimum Gasteiger partial charge on any atom is -0.481 e. The summed E-state index contributed by atoms with van der Waals surface area (Å²) in [5.41, 5.74) is 0.620. The first kappa shape index (κ1) is 10.2. The van der Waals surface area contributed by atoms with Gasteiger partial charge in [0.25, 0.3) is 0 Å². The first-order valence-corrected chi connectivity index (χ1v) is 5.04. The molecule has 1 saturated heterocycles. The molecule has 1 N–H and O–H groups in total. The van der Waals surface area contributed by atoms with Crippen molar-refractivity contribution in [1.82, 2.24) is 5.16 Å². The second-order valence-electron chi connectivity index (χ2n) is 3.64. The van der Waals surface area contributed by atoms with Gasteiger partial charge in [0, 0.05) is 12.2 Å². The molecule has 0 spiro atoms. The summed E-state index contributed by atoms with van der Waals surface area (Å²) in [5, 5.41) is 12.3. The van der Waals surface area contributed by atoms with Crippen molar-refractivity contribution < 1.29 is 19.2 Å². The molecule has 1 aromatic heterocycles. The van der Waals surface area contributed by atoms with Gasteiger partial charge in [-0.05, 0) is 19.3 Å². The van der Waals surface area contributed by atoms with Gasteiger partial charge in [0.2, 0.25) is 0 Å². The number of hydrogen-bond donors (Lipinski definition) is 1. The Labute approximate surface area is 87.0 Å². The molecule has 2 heterocycles. The molecule has 2 rings (SSSR count). The Morgan fingerprint density at radius 3 is 3.13 bits per heavy atom. The van der Waals surface area contributed by atoms with E-state index in [1.165, 1.54) is 6.20 Å². The highest BCUT2D eigenvalue weighted by Gasteiger charge is 2.24. The summed E-state index contributed by atoms with van der Waals surface area (Å²) in [6.45, 7) is 0.706. The van der Waals surface area contributed by atoms with Crippen molar-refractivity contribution in [3.8, 4) is 0 Å². The minimum absolute atomic E-state index is 0.0569. The van der Waals surface area contributed by atoms with Crippen LogP contribution < -0.4 is 0 Å². The lowest BCUT2D eigenvalue weighted by Crippen LogP contribution is -2.13. The number of carbonyl (C=O) groups is 1. The van der Waals surface area contributed by atoms with E-state index in [1.54, 1.807) is 0 Å². The van der Waals surface area contributed by atoms with E-state index in [-0.39, 0.29) is 12.5 Å². The summed E-state index contributed by atoms with van der Waals surface area (Å²) in [5.74, 6) is -0.299. The molecule has 1 aromatic rings. The lowest BCUT2D eigenvalue weighted by Gasteiger charge is -2.20. The Morgan fingerprint density at radius 1 is 1.60 bits per heavy atom. The van der Waals surface area contributed by atoms with Gasteiger partial charge in [-0.3, -0.25) is 4.79 Å². The summed E-state index contributed by atoms with van der Waals surface area (Å²) in [7, 11) is 0. The van der Waals surface area contributed by atoms with Crippen LogP contribution in [0, 0.1) is 0 Å². The fourth-order valence-corrected chi connectivity index (χ4v) is 1.78. The third-order valence-corrected chi connectivity index (χ3v) is 2.49. The number of nitrogens with zero attached hydrogens (tertiary/aromatic N) is 1. The second kappa shape index (κ2) is 4.44. The Bertz CT molecular complexity index is 341. The van der Waals surface area contributed by atoms with Gasteiger partial charge in [-0.2, -0.15) is 0 Å². The van der Waals surface area contributed by atoms with Crippen LogP contribution in [-0.4, -0.2) is 22.8 Å². The molecule has 15 heavy (non-hydrogen) atoms. The van der Waals surface area contributed by atoms with Crippen LogP contribution in [0.3, 0.4) is 0 Å². The molecule has 0 aromatic carbocycles. The average molecular weight is 211 g/mol. The highest BCUT2D eigenvalue weighted by molar-refractivity contribution is 5.70. The maximum atomic E-state index is 10.6. The third kappa shape index (κ3) is 2.36. The van der Waals surface area contributed by atoms with E-state index in [0.717, 1.165) is 19.3 Å². The lowest BCUT2D eigenvalue weighted by atomic mass is 10.0. The van der Waals surface area contributed by atoms with Gasteiger partial charge in [-0.25, -0.2) is 0 Å². The van der Waals surface area contributed by atoms with Crippen molar-refractivity contribution in [2.45, 2.75) is 31.8 Å². The van der Waals surface area contributed by atoms with E-state index in [0.29, 0.717) is 17.9 Å². The molecule has 82 valence electrons.